The van der Waals surface area contributed by atoms with Crippen molar-refractivity contribution in [2.45, 2.75) is 52.7 Å². The average molecular weight is 293 g/mol. The number of hydrogen-bond donors (Lipinski definition) is 1. The molecular formula is C18H31NO2. The van der Waals surface area contributed by atoms with Crippen LogP contribution in [0.25, 0.3) is 0 Å². The number of rotatable bonds is 10. The summed E-state index contributed by atoms with van der Waals surface area (Å²) in [4.78, 5) is 0. The van der Waals surface area contributed by atoms with Gasteiger partial charge in [0.25, 0.3) is 0 Å². The van der Waals surface area contributed by atoms with E-state index in [1.165, 1.54) is 17.5 Å². The van der Waals surface area contributed by atoms with Crippen molar-refractivity contribution < 1.29 is 9.47 Å². The molecule has 0 aliphatic rings. The van der Waals surface area contributed by atoms with E-state index in [-0.39, 0.29) is 5.60 Å². The van der Waals surface area contributed by atoms with Crippen molar-refractivity contribution in [3.05, 3.63) is 35.4 Å². The van der Waals surface area contributed by atoms with Crippen LogP contribution >= 0.6 is 0 Å². The number of ether oxygens (including phenoxy) is 2. The Labute approximate surface area is 130 Å². The molecule has 0 atom stereocenters. The fraction of sp³-hybridized carbons (Fsp3) is 0.667. The van der Waals surface area contributed by atoms with E-state index < -0.39 is 0 Å². The number of benzene rings is 1. The van der Waals surface area contributed by atoms with Crippen LogP contribution in [-0.2, 0) is 22.5 Å². The quantitative estimate of drug-likeness (QED) is 0.669. The van der Waals surface area contributed by atoms with E-state index in [1.54, 1.807) is 0 Å². The fourth-order valence-corrected chi connectivity index (χ4v) is 1.93. The molecule has 1 N–H and O–H groups in total. The molecule has 1 rings (SSSR count). The van der Waals surface area contributed by atoms with Crippen LogP contribution in [0.5, 0.6) is 0 Å². The van der Waals surface area contributed by atoms with Gasteiger partial charge in [-0.25, -0.2) is 0 Å². The van der Waals surface area contributed by atoms with Crippen molar-refractivity contribution in [1.29, 1.82) is 0 Å². The lowest BCUT2D eigenvalue weighted by Crippen LogP contribution is -2.21. The number of nitrogens with one attached hydrogen (secondary N) is 1. The van der Waals surface area contributed by atoms with Gasteiger partial charge in [-0.3, -0.25) is 0 Å². The lowest BCUT2D eigenvalue weighted by molar-refractivity contribution is -0.0376. The Bertz CT molecular complexity index is 368. The van der Waals surface area contributed by atoms with Crippen molar-refractivity contribution in [2.75, 3.05) is 26.3 Å². The molecule has 3 nitrogen and oxygen atoms in total. The highest BCUT2D eigenvalue weighted by Gasteiger charge is 2.08. The van der Waals surface area contributed by atoms with Crippen molar-refractivity contribution >= 4 is 0 Å². The summed E-state index contributed by atoms with van der Waals surface area (Å²) in [5.74, 6) is 0. The van der Waals surface area contributed by atoms with E-state index >= 15 is 0 Å². The normalized spacial score (nSPS) is 11.8. The predicted molar refractivity (Wildman–Crippen MR) is 88.7 cm³/mol. The van der Waals surface area contributed by atoms with Gasteiger partial charge in [-0.1, -0.05) is 31.2 Å². The zero-order valence-electron chi connectivity index (χ0n) is 14.1. The zero-order chi connectivity index (χ0) is 15.6. The van der Waals surface area contributed by atoms with Crippen LogP contribution < -0.4 is 5.32 Å². The summed E-state index contributed by atoms with van der Waals surface area (Å²) < 4.78 is 11.2. The first kappa shape index (κ1) is 18.1. The van der Waals surface area contributed by atoms with Gasteiger partial charge in [0.05, 0.1) is 25.4 Å². The van der Waals surface area contributed by atoms with Crippen LogP contribution in [0, 0.1) is 0 Å². The summed E-state index contributed by atoms with van der Waals surface area (Å²) in [5, 5.41) is 3.42. The maximum atomic E-state index is 5.63. The second-order valence-corrected chi connectivity index (χ2v) is 6.33. The molecule has 0 unspecified atom stereocenters. The second kappa shape index (κ2) is 9.93. The van der Waals surface area contributed by atoms with Crippen LogP contribution in [-0.4, -0.2) is 31.9 Å². The minimum absolute atomic E-state index is 0.0865. The Hall–Kier alpha value is -0.900. The maximum absolute atomic E-state index is 5.63. The highest BCUT2D eigenvalue weighted by Crippen LogP contribution is 2.08. The summed E-state index contributed by atoms with van der Waals surface area (Å²) in [6.07, 6.45) is 2.27. The van der Waals surface area contributed by atoms with Crippen LogP contribution in [0.2, 0.25) is 0 Å². The fourth-order valence-electron chi connectivity index (χ4n) is 1.93. The first-order chi connectivity index (χ1) is 10.0. The minimum atomic E-state index is -0.0865. The van der Waals surface area contributed by atoms with Crippen molar-refractivity contribution in [1.82, 2.24) is 5.32 Å². The lowest BCUT2D eigenvalue weighted by Gasteiger charge is -2.19. The standard InChI is InChI=1S/C18H31NO2/c1-5-11-19-12-10-16-6-8-17(9-7-16)15-20-13-14-21-18(2,3)4/h6-9,19H,5,10-15H2,1-4H3. The predicted octanol–water partition coefficient (Wildman–Crippen LogP) is 3.56. The van der Waals surface area contributed by atoms with E-state index in [2.05, 4.69) is 57.3 Å². The molecule has 1 aromatic rings. The maximum Gasteiger partial charge on any atom is 0.0718 e. The molecule has 0 saturated heterocycles. The van der Waals surface area contributed by atoms with Crippen LogP contribution in [0.1, 0.15) is 45.2 Å². The van der Waals surface area contributed by atoms with E-state index in [1.807, 2.05) is 0 Å². The molecule has 0 spiro atoms. The monoisotopic (exact) mass is 293 g/mol. The Morgan fingerprint density at radius 1 is 0.952 bits per heavy atom. The molecule has 0 bridgehead atoms. The molecule has 0 amide bonds. The second-order valence-electron chi connectivity index (χ2n) is 6.33. The highest BCUT2D eigenvalue weighted by atomic mass is 16.5. The van der Waals surface area contributed by atoms with Gasteiger partial charge in [0.2, 0.25) is 0 Å². The molecule has 1 aromatic carbocycles. The van der Waals surface area contributed by atoms with Gasteiger partial charge in [-0.15, -0.1) is 0 Å². The van der Waals surface area contributed by atoms with Gasteiger partial charge in [0, 0.05) is 0 Å². The third-order valence-corrected chi connectivity index (χ3v) is 3.07. The molecule has 0 fully saturated rings. The van der Waals surface area contributed by atoms with Crippen molar-refractivity contribution in [2.24, 2.45) is 0 Å². The van der Waals surface area contributed by atoms with Crippen LogP contribution in [0.4, 0.5) is 0 Å². The molecule has 0 radical (unpaired) electrons. The van der Waals surface area contributed by atoms with Crippen LogP contribution in [0.15, 0.2) is 24.3 Å². The Kier molecular flexibility index (Phi) is 8.58. The molecule has 0 aliphatic heterocycles. The molecule has 120 valence electrons. The smallest absolute Gasteiger partial charge is 0.0718 e. The third-order valence-electron chi connectivity index (χ3n) is 3.07. The molecule has 0 aromatic heterocycles. The molecule has 21 heavy (non-hydrogen) atoms. The molecule has 3 heteroatoms. The van der Waals surface area contributed by atoms with Gasteiger partial charge < -0.3 is 14.8 Å². The first-order valence-electron chi connectivity index (χ1n) is 8.01. The summed E-state index contributed by atoms with van der Waals surface area (Å²) in [5.41, 5.74) is 2.51. The Balaban J connectivity index is 2.16. The largest absolute Gasteiger partial charge is 0.374 e. The van der Waals surface area contributed by atoms with Crippen LogP contribution in [0.3, 0.4) is 0 Å². The molecule has 0 heterocycles. The summed E-state index contributed by atoms with van der Waals surface area (Å²) >= 11 is 0. The van der Waals surface area contributed by atoms with Gasteiger partial charge in [-0.2, -0.15) is 0 Å². The minimum Gasteiger partial charge on any atom is -0.374 e. The third kappa shape index (κ3) is 9.62. The van der Waals surface area contributed by atoms with Gasteiger partial charge in [-0.05, 0) is 57.8 Å². The van der Waals surface area contributed by atoms with Crippen molar-refractivity contribution in [3.8, 4) is 0 Å². The summed E-state index contributed by atoms with van der Waals surface area (Å²) in [6.45, 7) is 12.4. The highest BCUT2D eigenvalue weighted by molar-refractivity contribution is 5.22. The SMILES string of the molecule is CCCNCCc1ccc(COCCOC(C)(C)C)cc1. The van der Waals surface area contributed by atoms with E-state index in [0.717, 1.165) is 19.5 Å². The van der Waals surface area contributed by atoms with E-state index in [9.17, 15) is 0 Å². The Morgan fingerprint density at radius 2 is 1.62 bits per heavy atom. The molecule has 0 saturated carbocycles. The van der Waals surface area contributed by atoms with E-state index in [4.69, 9.17) is 9.47 Å². The lowest BCUT2D eigenvalue weighted by atomic mass is 10.1. The molecular weight excluding hydrogens is 262 g/mol. The van der Waals surface area contributed by atoms with Gasteiger partial charge in [0.15, 0.2) is 0 Å². The average Bonchev–Trinajstić information content (AvgIpc) is 2.43. The first-order valence-corrected chi connectivity index (χ1v) is 8.01. The topological polar surface area (TPSA) is 30.5 Å². The summed E-state index contributed by atoms with van der Waals surface area (Å²) in [7, 11) is 0. The Morgan fingerprint density at radius 3 is 2.24 bits per heavy atom. The van der Waals surface area contributed by atoms with Crippen molar-refractivity contribution in [3.63, 3.8) is 0 Å². The summed E-state index contributed by atoms with van der Waals surface area (Å²) in [6, 6.07) is 8.69. The van der Waals surface area contributed by atoms with E-state index in [0.29, 0.717) is 19.8 Å². The molecule has 0 aliphatic carbocycles. The number of hydrogen-bond acceptors (Lipinski definition) is 3. The zero-order valence-corrected chi connectivity index (χ0v) is 14.1. The van der Waals surface area contributed by atoms with Gasteiger partial charge in [0.1, 0.15) is 0 Å². The van der Waals surface area contributed by atoms with Gasteiger partial charge >= 0.3 is 0 Å².